The molecule has 150 valence electrons. The summed E-state index contributed by atoms with van der Waals surface area (Å²) in [7, 11) is 1.29. The molecular formula is C21H25NO5S. The van der Waals surface area contributed by atoms with E-state index in [1.807, 2.05) is 26.0 Å². The molecule has 1 fully saturated rings. The number of carbonyl (C=O) groups excluding carboxylic acids is 3. The fourth-order valence-electron chi connectivity index (χ4n) is 4.24. The Morgan fingerprint density at radius 3 is 2.54 bits per heavy atom. The van der Waals surface area contributed by atoms with Crippen molar-refractivity contribution < 1.29 is 23.9 Å². The Labute approximate surface area is 168 Å². The van der Waals surface area contributed by atoms with E-state index in [9.17, 15) is 14.4 Å². The van der Waals surface area contributed by atoms with Crippen molar-refractivity contribution in [3.05, 3.63) is 33.2 Å². The van der Waals surface area contributed by atoms with Gasteiger partial charge in [0.25, 0.3) is 0 Å². The molecule has 0 bridgehead atoms. The van der Waals surface area contributed by atoms with Crippen LogP contribution in [0.25, 0.3) is 0 Å². The Balaban J connectivity index is 2.15. The number of aliphatic imine (C=N–C) groups is 1. The molecule has 0 unspecified atom stereocenters. The van der Waals surface area contributed by atoms with Crippen molar-refractivity contribution >= 4 is 34.8 Å². The average molecular weight is 404 g/mol. The normalized spacial score (nSPS) is 27.2. The van der Waals surface area contributed by atoms with E-state index in [1.165, 1.54) is 7.11 Å². The van der Waals surface area contributed by atoms with Crippen molar-refractivity contribution in [2.45, 2.75) is 40.0 Å². The van der Waals surface area contributed by atoms with Crippen molar-refractivity contribution in [3.8, 4) is 0 Å². The number of hydrogen-bond donors (Lipinski definition) is 0. The first-order valence-corrected chi connectivity index (χ1v) is 10.2. The van der Waals surface area contributed by atoms with E-state index in [4.69, 9.17) is 9.47 Å². The molecule has 0 N–H and O–H groups in total. The number of nitrogens with zero attached hydrogens (tertiary/aromatic N) is 1. The van der Waals surface area contributed by atoms with Gasteiger partial charge in [-0.25, -0.2) is 4.79 Å². The number of hydrogen-bond acceptors (Lipinski definition) is 7. The van der Waals surface area contributed by atoms with Gasteiger partial charge in [-0.15, -0.1) is 11.3 Å². The third-order valence-electron chi connectivity index (χ3n) is 5.44. The summed E-state index contributed by atoms with van der Waals surface area (Å²) in [6, 6.07) is 3.91. The Bertz CT molecular complexity index is 881. The summed E-state index contributed by atoms with van der Waals surface area (Å²) in [6.45, 7) is 7.61. The van der Waals surface area contributed by atoms with E-state index in [0.717, 1.165) is 15.5 Å². The van der Waals surface area contributed by atoms with Crippen LogP contribution >= 0.6 is 11.3 Å². The van der Waals surface area contributed by atoms with Crippen LogP contribution in [-0.4, -0.2) is 37.2 Å². The quantitative estimate of drug-likeness (QED) is 0.568. The number of rotatable bonds is 4. The molecule has 0 amide bonds. The van der Waals surface area contributed by atoms with Crippen LogP contribution in [0.2, 0.25) is 0 Å². The monoisotopic (exact) mass is 403 g/mol. The van der Waals surface area contributed by atoms with Crippen molar-refractivity contribution in [2.24, 2.45) is 22.7 Å². The van der Waals surface area contributed by atoms with Crippen LogP contribution in [0.15, 0.2) is 28.4 Å². The van der Waals surface area contributed by atoms with Crippen LogP contribution in [0.4, 0.5) is 0 Å². The summed E-state index contributed by atoms with van der Waals surface area (Å²) in [5, 5.41) is 0. The third kappa shape index (κ3) is 3.43. The van der Waals surface area contributed by atoms with Gasteiger partial charge in [0.1, 0.15) is 5.92 Å². The zero-order valence-corrected chi connectivity index (χ0v) is 17.6. The van der Waals surface area contributed by atoms with Crippen LogP contribution in [-0.2, 0) is 23.9 Å². The minimum absolute atomic E-state index is 0.197. The molecular weight excluding hydrogens is 378 g/mol. The maximum atomic E-state index is 13.4. The number of carbonyl (C=O) groups is 3. The number of ether oxygens (including phenoxy) is 2. The molecule has 1 saturated carbocycles. The molecule has 0 radical (unpaired) electrons. The van der Waals surface area contributed by atoms with Crippen LogP contribution < -0.4 is 0 Å². The highest BCUT2D eigenvalue weighted by molar-refractivity contribution is 7.12. The third-order valence-corrected chi connectivity index (χ3v) is 6.52. The zero-order valence-electron chi connectivity index (χ0n) is 16.8. The van der Waals surface area contributed by atoms with Gasteiger partial charge in [-0.05, 0) is 45.2 Å². The van der Waals surface area contributed by atoms with Crippen molar-refractivity contribution in [1.82, 2.24) is 0 Å². The molecule has 6 nitrogen and oxygen atoms in total. The van der Waals surface area contributed by atoms with E-state index in [0.29, 0.717) is 17.7 Å². The maximum Gasteiger partial charge on any atom is 0.336 e. The van der Waals surface area contributed by atoms with E-state index in [1.54, 1.807) is 25.2 Å². The number of methoxy groups -OCH3 is 1. The minimum Gasteiger partial charge on any atom is -0.468 e. The van der Waals surface area contributed by atoms with Crippen molar-refractivity contribution in [1.29, 1.82) is 0 Å². The Hall–Kier alpha value is -2.28. The molecule has 0 aromatic carbocycles. The lowest BCUT2D eigenvalue weighted by atomic mass is 9.65. The summed E-state index contributed by atoms with van der Waals surface area (Å²) in [4.78, 5) is 45.1. The van der Waals surface area contributed by atoms with Gasteiger partial charge in [0.15, 0.2) is 5.78 Å². The summed E-state index contributed by atoms with van der Waals surface area (Å²) in [6.07, 6.45) is 0.518. The Morgan fingerprint density at radius 2 is 1.96 bits per heavy atom. The van der Waals surface area contributed by atoms with Gasteiger partial charge < -0.3 is 9.47 Å². The molecule has 1 aromatic rings. The first-order valence-electron chi connectivity index (χ1n) is 9.43. The molecule has 1 aromatic heterocycles. The van der Waals surface area contributed by atoms with Gasteiger partial charge in [-0.1, -0.05) is 6.92 Å². The highest BCUT2D eigenvalue weighted by Gasteiger charge is 2.51. The first-order chi connectivity index (χ1) is 13.3. The highest BCUT2D eigenvalue weighted by atomic mass is 32.1. The Morgan fingerprint density at radius 1 is 1.25 bits per heavy atom. The van der Waals surface area contributed by atoms with Gasteiger partial charge in [0.05, 0.1) is 25.2 Å². The van der Waals surface area contributed by atoms with Gasteiger partial charge in [0.2, 0.25) is 0 Å². The van der Waals surface area contributed by atoms with Gasteiger partial charge in [0, 0.05) is 27.1 Å². The standard InChI is InChI=1S/C21H25NO5S/c1-6-27-21(25)16-12(4)22-13-9-10(2)15(20(24)26-5)19(23)17(13)18(16)14-8-7-11(3)28-14/h7-8,10,15,17-18H,6,9H2,1-5H3/t10-,15+,17+,18-/m1/s1. The van der Waals surface area contributed by atoms with E-state index < -0.39 is 29.7 Å². The SMILES string of the molecule is CCOC(=O)C1=C(C)N=C2C[C@@H](C)[C@H](C(=O)OC)C(=O)[C@@H]2[C@@H]1c1ccc(C)s1. The second kappa shape index (κ2) is 7.99. The summed E-state index contributed by atoms with van der Waals surface area (Å²) >= 11 is 1.54. The predicted octanol–water partition coefficient (Wildman–Crippen LogP) is 3.45. The van der Waals surface area contributed by atoms with Crippen molar-refractivity contribution in [2.75, 3.05) is 13.7 Å². The summed E-state index contributed by atoms with van der Waals surface area (Å²) in [5.41, 5.74) is 1.72. The zero-order chi connectivity index (χ0) is 20.6. The molecule has 3 rings (SSSR count). The topological polar surface area (TPSA) is 82.0 Å². The van der Waals surface area contributed by atoms with Gasteiger partial charge in [-0.3, -0.25) is 14.6 Å². The number of Topliss-reactive ketones (excluding diaryl/α,β-unsaturated/α-hetero) is 1. The van der Waals surface area contributed by atoms with Crippen LogP contribution in [0, 0.1) is 24.7 Å². The smallest absolute Gasteiger partial charge is 0.336 e. The molecule has 7 heteroatoms. The molecule has 0 saturated heterocycles. The minimum atomic E-state index is -0.848. The first kappa shape index (κ1) is 20.5. The molecule has 1 aliphatic carbocycles. The van der Waals surface area contributed by atoms with E-state index in [2.05, 4.69) is 4.99 Å². The lowest BCUT2D eigenvalue weighted by Gasteiger charge is -2.39. The number of fused-ring (bicyclic) bond motifs is 1. The summed E-state index contributed by atoms with van der Waals surface area (Å²) < 4.78 is 10.2. The summed E-state index contributed by atoms with van der Waals surface area (Å²) in [5.74, 6) is -3.40. The predicted molar refractivity (Wildman–Crippen MR) is 106 cm³/mol. The molecule has 2 heterocycles. The van der Waals surface area contributed by atoms with Crippen molar-refractivity contribution in [3.63, 3.8) is 0 Å². The molecule has 1 aliphatic heterocycles. The van der Waals surface area contributed by atoms with Crippen LogP contribution in [0.1, 0.15) is 42.9 Å². The lowest BCUT2D eigenvalue weighted by molar-refractivity contribution is -0.152. The maximum absolute atomic E-state index is 13.4. The Kier molecular flexibility index (Phi) is 5.84. The van der Waals surface area contributed by atoms with Crippen LogP contribution in [0.3, 0.4) is 0 Å². The van der Waals surface area contributed by atoms with Crippen LogP contribution in [0.5, 0.6) is 0 Å². The fraction of sp³-hybridized carbons (Fsp3) is 0.524. The number of allylic oxidation sites excluding steroid dienone is 1. The molecule has 2 aliphatic rings. The van der Waals surface area contributed by atoms with Gasteiger partial charge in [-0.2, -0.15) is 0 Å². The number of ketones is 1. The highest BCUT2D eigenvalue weighted by Crippen LogP contribution is 2.47. The second-order valence-electron chi connectivity index (χ2n) is 7.31. The largest absolute Gasteiger partial charge is 0.468 e. The van der Waals surface area contributed by atoms with E-state index >= 15 is 0 Å². The van der Waals surface area contributed by atoms with E-state index in [-0.39, 0.29) is 18.3 Å². The lowest BCUT2D eigenvalue weighted by Crippen LogP contribution is -2.48. The number of aryl methyl sites for hydroxylation is 1. The molecule has 4 atom stereocenters. The van der Waals surface area contributed by atoms with Gasteiger partial charge >= 0.3 is 11.9 Å². The average Bonchev–Trinajstić information content (AvgIpc) is 3.06. The number of thiophene rings is 1. The fourth-order valence-corrected chi connectivity index (χ4v) is 5.26. The second-order valence-corrected chi connectivity index (χ2v) is 8.63. The number of esters is 2. The molecule has 28 heavy (non-hydrogen) atoms. The molecule has 0 spiro atoms.